The summed E-state index contributed by atoms with van der Waals surface area (Å²) in [5.41, 5.74) is 2.19. The first-order chi connectivity index (χ1) is 56.8. The van der Waals surface area contributed by atoms with Crippen molar-refractivity contribution in [2.45, 2.75) is 468 Å². The molecular weight excluding hydrogens is 1490 g/mol. The van der Waals surface area contributed by atoms with E-state index in [1.807, 2.05) is 91.0 Å². The van der Waals surface area contributed by atoms with Gasteiger partial charge >= 0.3 is 34.3 Å². The van der Waals surface area contributed by atoms with E-state index in [1.165, 1.54) is 205 Å². The summed E-state index contributed by atoms with van der Waals surface area (Å²) in [6.45, 7) is 7.88. The first-order valence-electron chi connectivity index (χ1n) is 47.1. The lowest BCUT2D eigenvalue weighted by molar-refractivity contribution is -0.381. The summed E-state index contributed by atoms with van der Waals surface area (Å²) in [5, 5.41) is 0. The third-order valence-electron chi connectivity index (χ3n) is 22.8. The topological polar surface area (TPSA) is 224 Å². The number of hydrogen-bond donors (Lipinski definition) is 1. The first-order valence-corrected chi connectivity index (χ1v) is 48.5. The minimum atomic E-state index is -5.43. The number of carbonyl (C=O) groups excluding carboxylic acids is 4. The van der Waals surface area contributed by atoms with Gasteiger partial charge in [-0.1, -0.05) is 427 Å². The van der Waals surface area contributed by atoms with Crippen LogP contribution in [0.1, 0.15) is 404 Å². The number of benzene rings is 3. The number of rotatable bonds is 75. The Morgan fingerprint density at radius 3 is 0.802 bits per heavy atom. The van der Waals surface area contributed by atoms with E-state index in [2.05, 4.69) is 27.7 Å². The summed E-state index contributed by atoms with van der Waals surface area (Å²) < 4.78 is 111. The highest BCUT2D eigenvalue weighted by molar-refractivity contribution is 7.80. The second-order valence-corrected chi connectivity index (χ2v) is 34.3. The highest BCUT2D eigenvalue weighted by Gasteiger charge is 2.57. The van der Waals surface area contributed by atoms with Crippen molar-refractivity contribution in [1.82, 2.24) is 0 Å². The van der Waals surface area contributed by atoms with Crippen LogP contribution in [-0.4, -0.2) is 111 Å². The van der Waals surface area contributed by atoms with Crippen LogP contribution in [0.25, 0.3) is 0 Å². The van der Waals surface area contributed by atoms with Gasteiger partial charge in [0.15, 0.2) is 24.6 Å². The zero-order valence-corrected chi connectivity index (χ0v) is 73.7. The average molecular weight is 1650 g/mol. The second-order valence-electron chi connectivity index (χ2n) is 33.2. The quantitative estimate of drug-likeness (QED) is 0.0240. The maximum atomic E-state index is 14.9. The van der Waals surface area contributed by atoms with Crippen LogP contribution in [0.3, 0.4) is 0 Å². The van der Waals surface area contributed by atoms with E-state index >= 15 is 0 Å². The highest BCUT2D eigenvalue weighted by atomic mass is 32.3. The van der Waals surface area contributed by atoms with Crippen molar-refractivity contribution >= 4 is 34.3 Å². The summed E-state index contributed by atoms with van der Waals surface area (Å²) in [4.78, 5) is 57.8. The standard InChI is InChI=1S/C97H160O18S/c1-5-9-13-17-21-25-29-33-37-41-45-49-62-72-86(98)105-79-84-90(107-76-81-66-56-53-57-67-81)92(109-78-83-70-60-55-61-71-83)95(115-116(102,103)104)97(111-84)114-96-94(113-89(101)75-65-52-48-44-40-36-32-28-24-20-16-12-8-4)93(112-88(100)74-64-51-47-43-39-35-31-27-23-19-15-11-7-3)91(108-77-82-68-58-54-59-69-82)85(110-96)80-106-87(99)73-63-50-46-42-38-34-30-26-22-18-14-10-6-2/h53-61,66-71,84-85,90-97H,5-52,62-65,72-80H2,1-4H3,(H,102,103,104)/t84-,85-,90-,91-,92+,93+,94-,95-,96-,97-/m1/s1. The van der Waals surface area contributed by atoms with E-state index < -0.39 is 109 Å². The zero-order chi connectivity index (χ0) is 82.8. The van der Waals surface area contributed by atoms with Crippen LogP contribution >= 0.6 is 0 Å². The second kappa shape index (κ2) is 67.8. The van der Waals surface area contributed by atoms with Crippen molar-refractivity contribution in [2.24, 2.45) is 0 Å². The molecule has 2 heterocycles. The Morgan fingerprint density at radius 2 is 0.526 bits per heavy atom. The van der Waals surface area contributed by atoms with Gasteiger partial charge in [-0.15, -0.1) is 0 Å². The largest absolute Gasteiger partial charge is 0.463 e. The molecule has 0 bridgehead atoms. The predicted molar refractivity (Wildman–Crippen MR) is 463 cm³/mol. The molecule has 0 aromatic heterocycles. The lowest BCUT2D eigenvalue weighted by atomic mass is 9.96. The molecule has 0 aliphatic carbocycles. The maximum absolute atomic E-state index is 14.9. The van der Waals surface area contributed by atoms with Gasteiger partial charge in [-0.3, -0.25) is 23.7 Å². The number of hydrogen-bond acceptors (Lipinski definition) is 17. The summed E-state index contributed by atoms with van der Waals surface area (Å²) >= 11 is 0. The molecule has 0 radical (unpaired) electrons. The van der Waals surface area contributed by atoms with E-state index in [9.17, 15) is 32.1 Å². The van der Waals surface area contributed by atoms with Gasteiger partial charge < -0.3 is 47.4 Å². The van der Waals surface area contributed by atoms with E-state index in [4.69, 9.17) is 51.6 Å². The Balaban J connectivity index is 1.51. The van der Waals surface area contributed by atoms with Gasteiger partial charge in [0.05, 0.1) is 19.8 Å². The lowest BCUT2D eigenvalue weighted by Crippen LogP contribution is -2.66. The molecule has 3 aromatic rings. The predicted octanol–water partition coefficient (Wildman–Crippen LogP) is 25.2. The van der Waals surface area contributed by atoms with Crippen LogP contribution in [0.4, 0.5) is 0 Å². The van der Waals surface area contributed by atoms with Crippen molar-refractivity contribution in [3.63, 3.8) is 0 Å². The van der Waals surface area contributed by atoms with Gasteiger partial charge in [-0.05, 0) is 42.4 Å². The Labute approximate surface area is 703 Å². The van der Waals surface area contributed by atoms with Crippen LogP contribution in [0, 0.1) is 0 Å². The molecule has 2 saturated heterocycles. The summed E-state index contributed by atoms with van der Waals surface area (Å²) in [6.07, 6.45) is 43.1. The molecule has 2 aliphatic rings. The molecule has 0 amide bonds. The molecule has 10 atom stereocenters. The zero-order valence-electron chi connectivity index (χ0n) is 72.9. The minimum Gasteiger partial charge on any atom is -0.463 e. The normalized spacial score (nSPS) is 19.6. The van der Waals surface area contributed by atoms with E-state index in [0.717, 1.165) is 114 Å². The monoisotopic (exact) mass is 1650 g/mol. The Kier molecular flexibility index (Phi) is 59.5. The van der Waals surface area contributed by atoms with Crippen molar-refractivity contribution < 1.29 is 83.7 Å². The van der Waals surface area contributed by atoms with E-state index in [1.54, 1.807) is 0 Å². The highest BCUT2D eigenvalue weighted by Crippen LogP contribution is 2.38. The number of carbonyl (C=O) groups is 4. The molecule has 19 heteroatoms. The number of unbranched alkanes of at least 4 members (excludes halogenated alkanes) is 48. The molecule has 2 fully saturated rings. The molecular formula is C97H160O18S. The lowest BCUT2D eigenvalue weighted by Gasteiger charge is -2.48. The van der Waals surface area contributed by atoms with Crippen molar-refractivity contribution in [2.75, 3.05) is 13.2 Å². The van der Waals surface area contributed by atoms with Gasteiger partial charge in [0.2, 0.25) is 6.29 Å². The van der Waals surface area contributed by atoms with Gasteiger partial charge in [0, 0.05) is 25.7 Å². The Bertz CT molecular complexity index is 2960. The SMILES string of the molecule is CCCCCCCCCCCCCCCC(=O)OC[C@H]1O[C@H](O[C@H]2O[C@H](COC(=O)CCCCCCCCCCCCCCC)[C@@H](OCc3ccccc3)[C@H](OCc3ccccc3)[C@H]2OS(=O)(=O)O)[C@H](OC(=O)CCCCCCCCCCCCCCC)[C@@H](OC(=O)CCCCCCCCCCCCCCC)[C@@H]1OCc1ccccc1. The fourth-order valence-electron chi connectivity index (χ4n) is 15.8. The molecule has 5 rings (SSSR count). The van der Waals surface area contributed by atoms with E-state index in [-0.39, 0.29) is 45.5 Å². The van der Waals surface area contributed by atoms with Crippen molar-refractivity contribution in [1.29, 1.82) is 0 Å². The summed E-state index contributed by atoms with van der Waals surface area (Å²) in [7, 11) is -5.43. The minimum absolute atomic E-state index is 0.0189. The van der Waals surface area contributed by atoms with Gasteiger partial charge in [-0.25, -0.2) is 4.18 Å². The molecule has 3 aromatic carbocycles. The molecule has 1 N–H and O–H groups in total. The van der Waals surface area contributed by atoms with Crippen LogP contribution in [0.15, 0.2) is 91.0 Å². The Morgan fingerprint density at radius 1 is 0.293 bits per heavy atom. The van der Waals surface area contributed by atoms with Gasteiger partial charge in [-0.2, -0.15) is 8.42 Å². The number of esters is 4. The third kappa shape index (κ3) is 49.2. The van der Waals surface area contributed by atoms with Crippen LogP contribution in [-0.2, 0) is 101 Å². The molecule has 18 nitrogen and oxygen atoms in total. The smallest absolute Gasteiger partial charge is 0.397 e. The molecule has 0 spiro atoms. The molecule has 116 heavy (non-hydrogen) atoms. The van der Waals surface area contributed by atoms with Crippen LogP contribution < -0.4 is 0 Å². The molecule has 2 aliphatic heterocycles. The molecule has 662 valence electrons. The van der Waals surface area contributed by atoms with Crippen molar-refractivity contribution in [3.05, 3.63) is 108 Å². The van der Waals surface area contributed by atoms with Crippen molar-refractivity contribution in [3.8, 4) is 0 Å². The number of ether oxygens (including phenoxy) is 10. The maximum Gasteiger partial charge on any atom is 0.397 e. The fourth-order valence-corrected chi connectivity index (χ4v) is 16.3. The third-order valence-corrected chi connectivity index (χ3v) is 23.3. The summed E-state index contributed by atoms with van der Waals surface area (Å²) in [6, 6.07) is 27.9. The van der Waals surface area contributed by atoms with Gasteiger partial charge in [0.1, 0.15) is 43.7 Å². The van der Waals surface area contributed by atoms with E-state index in [0.29, 0.717) is 31.2 Å². The Hall–Kier alpha value is -4.83. The molecule has 0 unspecified atom stereocenters. The molecule has 0 saturated carbocycles. The summed E-state index contributed by atoms with van der Waals surface area (Å²) in [5.74, 6) is -2.23. The average Bonchev–Trinajstić information content (AvgIpc) is 0.766. The van der Waals surface area contributed by atoms with Gasteiger partial charge in [0.25, 0.3) is 0 Å². The first kappa shape index (κ1) is 102. The van der Waals surface area contributed by atoms with Crippen LogP contribution in [0.2, 0.25) is 0 Å². The fraction of sp³-hybridized carbons (Fsp3) is 0.773. The van der Waals surface area contributed by atoms with Crippen LogP contribution in [0.5, 0.6) is 0 Å².